The van der Waals surface area contributed by atoms with Crippen LogP contribution >= 0.6 is 0 Å². The van der Waals surface area contributed by atoms with E-state index >= 15 is 0 Å². The van der Waals surface area contributed by atoms with Gasteiger partial charge in [-0.2, -0.15) is 0 Å². The Morgan fingerprint density at radius 2 is 1.48 bits per heavy atom. The van der Waals surface area contributed by atoms with Gasteiger partial charge in [-0.15, -0.1) is 0 Å². The molecule has 10 nitrogen and oxygen atoms in total. The van der Waals surface area contributed by atoms with Gasteiger partial charge in [0, 0.05) is 18.2 Å². The van der Waals surface area contributed by atoms with E-state index in [9.17, 15) is 9.90 Å². The fourth-order valence-corrected chi connectivity index (χ4v) is 4.79. The topological polar surface area (TPSA) is 122 Å². The smallest absolute Gasteiger partial charge is 0.203 e. The number of pyridine rings is 1. The molecule has 0 spiro atoms. The van der Waals surface area contributed by atoms with Crippen LogP contribution in [0.25, 0.3) is 22.4 Å². The zero-order chi connectivity index (χ0) is 29.6. The van der Waals surface area contributed by atoms with Gasteiger partial charge in [0.25, 0.3) is 0 Å². The molecule has 0 aliphatic heterocycles. The van der Waals surface area contributed by atoms with Gasteiger partial charge in [-0.3, -0.25) is 0 Å². The summed E-state index contributed by atoms with van der Waals surface area (Å²) in [6, 6.07) is 24.9. The molecule has 5 aromatic rings. The Balaban J connectivity index is 1.71. The molecule has 10 heteroatoms. The van der Waals surface area contributed by atoms with Gasteiger partial charge in [-0.05, 0) is 30.2 Å². The summed E-state index contributed by atoms with van der Waals surface area (Å²) in [5.41, 5.74) is 4.51. The number of carbonyl (C=O) groups is 1. The van der Waals surface area contributed by atoms with E-state index in [-0.39, 0.29) is 24.1 Å². The minimum Gasteiger partial charge on any atom is -0.530 e. The molecule has 42 heavy (non-hydrogen) atoms. The second kappa shape index (κ2) is 12.4. The number of hydrogen-bond donors (Lipinski definition) is 1. The van der Waals surface area contributed by atoms with Gasteiger partial charge in [0.1, 0.15) is 17.4 Å². The highest BCUT2D eigenvalue weighted by atomic mass is 16.5. The Hall–Kier alpha value is -5.38. The summed E-state index contributed by atoms with van der Waals surface area (Å²) in [6.45, 7) is 1.86. The summed E-state index contributed by atoms with van der Waals surface area (Å²) in [5, 5.41) is 15.5. The van der Waals surface area contributed by atoms with Crippen molar-refractivity contribution < 1.29 is 24.1 Å². The molecule has 0 bridgehead atoms. The number of ether oxygens (including phenoxy) is 3. The van der Waals surface area contributed by atoms with E-state index in [0.717, 1.165) is 16.0 Å². The average molecular weight is 565 g/mol. The fraction of sp³-hybridized carbons (Fsp3) is 0.188. The lowest BCUT2D eigenvalue weighted by Gasteiger charge is -2.25. The third kappa shape index (κ3) is 5.60. The molecule has 1 amide bonds. The molecule has 2 aromatic heterocycles. The number of nitrogens with one attached hydrogen (secondary N) is 1. The van der Waals surface area contributed by atoms with Gasteiger partial charge >= 0.3 is 0 Å². The maximum absolute atomic E-state index is 11.9. The first-order chi connectivity index (χ1) is 20.5. The first-order valence-corrected chi connectivity index (χ1v) is 13.3. The van der Waals surface area contributed by atoms with Gasteiger partial charge in [-0.1, -0.05) is 60.7 Å². The van der Waals surface area contributed by atoms with Gasteiger partial charge in [0.2, 0.25) is 5.75 Å². The molecule has 3 aromatic carbocycles. The highest BCUT2D eigenvalue weighted by molar-refractivity contribution is 5.92. The second-order valence-electron chi connectivity index (χ2n) is 9.28. The molecule has 2 heterocycles. The number of carboxylic acid groups (broad SMARTS) is 1. The lowest BCUT2D eigenvalue weighted by Crippen LogP contribution is -2.41. The zero-order valence-corrected chi connectivity index (χ0v) is 23.7. The van der Waals surface area contributed by atoms with Gasteiger partial charge in [-0.25, -0.2) is 15.0 Å². The Morgan fingerprint density at radius 3 is 1.98 bits per heavy atom. The summed E-state index contributed by atoms with van der Waals surface area (Å²) < 4.78 is 16.5. The third-order valence-electron chi connectivity index (χ3n) is 6.84. The summed E-state index contributed by atoms with van der Waals surface area (Å²) >= 11 is 0. The Bertz CT molecular complexity index is 1630. The lowest BCUT2D eigenvalue weighted by atomic mass is 9.98. The first kappa shape index (κ1) is 28.2. The molecule has 0 aliphatic rings. The Labute approximate surface area is 243 Å². The molecule has 0 saturated carbocycles. The molecule has 0 atom stereocenters. The number of hydrogen-bond acceptors (Lipinski definition) is 9. The van der Waals surface area contributed by atoms with Gasteiger partial charge < -0.3 is 34.3 Å². The molecular weight excluding hydrogens is 534 g/mol. The van der Waals surface area contributed by atoms with Crippen LogP contribution in [0.4, 0.5) is 16.3 Å². The summed E-state index contributed by atoms with van der Waals surface area (Å²) in [4.78, 5) is 27.1. The lowest BCUT2D eigenvalue weighted by molar-refractivity contribution is -0.246. The SMILES string of the molecule is CCN(C(=O)[O-])c1cc(NC(c2ccccc2)c2ccccc2)c2nc(-c3cc(OC)c(OC)c(OC)c3)cnc2n1. The predicted octanol–water partition coefficient (Wildman–Crippen LogP) is 5.09. The number of fused-ring (bicyclic) bond motifs is 1. The number of nitrogens with zero attached hydrogens (tertiary/aromatic N) is 4. The highest BCUT2D eigenvalue weighted by Gasteiger charge is 2.21. The van der Waals surface area contributed by atoms with E-state index < -0.39 is 6.09 Å². The zero-order valence-electron chi connectivity index (χ0n) is 23.7. The molecule has 0 aliphatic carbocycles. The maximum Gasteiger partial charge on any atom is 0.203 e. The van der Waals surface area contributed by atoms with E-state index in [1.54, 1.807) is 52.6 Å². The van der Waals surface area contributed by atoms with E-state index in [1.807, 2.05) is 60.7 Å². The Morgan fingerprint density at radius 1 is 0.881 bits per heavy atom. The molecule has 0 fully saturated rings. The number of rotatable bonds is 10. The molecular formula is C32H30N5O5-. The van der Waals surface area contributed by atoms with E-state index in [1.165, 1.54) is 0 Å². The minimum atomic E-state index is -1.36. The third-order valence-corrected chi connectivity index (χ3v) is 6.84. The van der Waals surface area contributed by atoms with E-state index in [4.69, 9.17) is 19.2 Å². The van der Waals surface area contributed by atoms with Crippen LogP contribution in [0.1, 0.15) is 24.1 Å². The van der Waals surface area contributed by atoms with Crippen molar-refractivity contribution in [3.63, 3.8) is 0 Å². The van der Waals surface area contributed by atoms with E-state index in [0.29, 0.717) is 39.7 Å². The van der Waals surface area contributed by atoms with Crippen molar-refractivity contribution in [3.05, 3.63) is 96.2 Å². The molecule has 1 N–H and O–H groups in total. The standard InChI is InChI=1S/C32H31N5O5/c1-5-37(32(38)39)27-18-23(34-28(20-12-8-6-9-13-20)21-14-10-7-11-15-21)29-31(36-27)33-19-24(35-29)22-16-25(40-2)30(42-4)26(17-22)41-3/h6-19,28H,5H2,1-4H3,(H,38,39)(H,33,34,36)/p-1. The van der Waals surface area contributed by atoms with Crippen molar-refractivity contribution >= 4 is 28.8 Å². The number of methoxy groups -OCH3 is 3. The number of benzene rings is 3. The number of amides is 1. The molecule has 0 unspecified atom stereocenters. The fourth-order valence-electron chi connectivity index (χ4n) is 4.79. The monoisotopic (exact) mass is 564 g/mol. The van der Waals surface area contributed by atoms with Crippen LogP contribution in [0.3, 0.4) is 0 Å². The van der Waals surface area contributed by atoms with Crippen molar-refractivity contribution in [2.45, 2.75) is 13.0 Å². The Kier molecular flexibility index (Phi) is 8.33. The first-order valence-electron chi connectivity index (χ1n) is 13.3. The van der Waals surface area contributed by atoms with Crippen molar-refractivity contribution in [1.82, 2.24) is 15.0 Å². The summed E-state index contributed by atoms with van der Waals surface area (Å²) in [5.74, 6) is 1.59. The maximum atomic E-state index is 11.9. The van der Waals surface area contributed by atoms with E-state index in [2.05, 4.69) is 15.3 Å². The normalized spacial score (nSPS) is 10.9. The molecule has 0 radical (unpaired) electrons. The van der Waals surface area contributed by atoms with Crippen LogP contribution in [-0.4, -0.2) is 48.9 Å². The van der Waals surface area contributed by atoms with Crippen LogP contribution in [-0.2, 0) is 0 Å². The minimum absolute atomic E-state index is 0.151. The number of carbonyl (C=O) groups excluding carboxylic acids is 1. The molecule has 0 saturated heterocycles. The predicted molar refractivity (Wildman–Crippen MR) is 159 cm³/mol. The van der Waals surface area contributed by atoms with Crippen molar-refractivity contribution in [2.24, 2.45) is 0 Å². The largest absolute Gasteiger partial charge is 0.530 e. The van der Waals surface area contributed by atoms with Crippen LogP contribution in [0.5, 0.6) is 17.2 Å². The quantitative estimate of drug-likeness (QED) is 0.247. The van der Waals surface area contributed by atoms with Gasteiger partial charge in [0.05, 0.1) is 44.9 Å². The summed E-state index contributed by atoms with van der Waals surface area (Å²) in [6.07, 6.45) is 0.213. The van der Waals surface area contributed by atoms with Gasteiger partial charge in [0.15, 0.2) is 17.1 Å². The number of anilines is 2. The summed E-state index contributed by atoms with van der Waals surface area (Å²) in [7, 11) is 4.63. The van der Waals surface area contributed by atoms with Crippen molar-refractivity contribution in [3.8, 4) is 28.5 Å². The molecule has 5 rings (SSSR count). The highest BCUT2D eigenvalue weighted by Crippen LogP contribution is 2.41. The van der Waals surface area contributed by atoms with Crippen molar-refractivity contribution in [1.29, 1.82) is 0 Å². The van der Waals surface area contributed by atoms with Crippen LogP contribution < -0.4 is 29.5 Å². The second-order valence-corrected chi connectivity index (χ2v) is 9.28. The average Bonchev–Trinajstić information content (AvgIpc) is 3.03. The van der Waals surface area contributed by atoms with Crippen molar-refractivity contribution in [2.75, 3.05) is 38.1 Å². The molecule has 214 valence electrons. The van der Waals surface area contributed by atoms with Crippen LogP contribution in [0.15, 0.2) is 85.1 Å². The van der Waals surface area contributed by atoms with Crippen LogP contribution in [0, 0.1) is 0 Å². The number of aromatic nitrogens is 3. The van der Waals surface area contributed by atoms with Crippen LogP contribution in [0.2, 0.25) is 0 Å².